The van der Waals surface area contributed by atoms with E-state index in [0.29, 0.717) is 32.1 Å². The number of ether oxygens (including phenoxy) is 1. The van der Waals surface area contributed by atoms with Gasteiger partial charge in [0, 0.05) is 13.1 Å². The van der Waals surface area contributed by atoms with Gasteiger partial charge >= 0.3 is 12.0 Å². The van der Waals surface area contributed by atoms with Crippen LogP contribution in [0, 0.1) is 6.92 Å². The molecule has 15 heavy (non-hydrogen) atoms. The van der Waals surface area contributed by atoms with E-state index >= 15 is 0 Å². The van der Waals surface area contributed by atoms with Crippen LogP contribution in [-0.2, 0) is 4.74 Å². The Morgan fingerprint density at radius 2 is 2.27 bits per heavy atom. The number of carbonyl (C=O) groups excluding carboxylic acids is 1. The van der Waals surface area contributed by atoms with Gasteiger partial charge in [-0.3, -0.25) is 5.32 Å². The van der Waals surface area contributed by atoms with Crippen molar-refractivity contribution in [3.05, 3.63) is 12.0 Å². The molecule has 6 nitrogen and oxygen atoms in total. The van der Waals surface area contributed by atoms with Crippen molar-refractivity contribution in [2.45, 2.75) is 6.92 Å². The molecule has 1 aromatic heterocycles. The fourth-order valence-electron chi connectivity index (χ4n) is 1.35. The van der Waals surface area contributed by atoms with Gasteiger partial charge in [-0.05, 0) is 6.92 Å². The number of nitrogens with zero attached hydrogens (tertiary/aromatic N) is 2. The molecular weight excluding hydrogens is 198 g/mol. The molecule has 82 valence electrons. The number of hydrogen-bond acceptors (Lipinski definition) is 4. The Morgan fingerprint density at radius 3 is 2.87 bits per heavy atom. The highest BCUT2D eigenvalue weighted by Crippen LogP contribution is 2.08. The minimum absolute atomic E-state index is 0.194. The molecule has 1 aromatic rings. The minimum Gasteiger partial charge on any atom is -0.429 e. The molecule has 1 aliphatic heterocycles. The smallest absolute Gasteiger partial charge is 0.325 e. The molecule has 0 atom stereocenters. The number of urea groups is 1. The van der Waals surface area contributed by atoms with E-state index < -0.39 is 0 Å². The molecule has 0 spiro atoms. The SMILES string of the molecule is Cc1cnc(NC(=O)N2CCOCC2)o1. The summed E-state index contributed by atoms with van der Waals surface area (Å²) in [6.45, 7) is 4.14. The van der Waals surface area contributed by atoms with Gasteiger partial charge in [-0.2, -0.15) is 0 Å². The summed E-state index contributed by atoms with van der Waals surface area (Å²) in [5.74, 6) is 0.673. The molecule has 0 unspecified atom stereocenters. The van der Waals surface area contributed by atoms with Crippen molar-refractivity contribution in [1.82, 2.24) is 9.88 Å². The third kappa shape index (κ3) is 2.47. The Bertz CT molecular complexity index is 344. The number of morpholine rings is 1. The summed E-state index contributed by atoms with van der Waals surface area (Å²) in [4.78, 5) is 17.2. The number of anilines is 1. The molecule has 1 saturated heterocycles. The van der Waals surface area contributed by atoms with E-state index in [4.69, 9.17) is 9.15 Å². The molecule has 0 bridgehead atoms. The Kier molecular flexibility index (Phi) is 2.86. The fraction of sp³-hybridized carbons (Fsp3) is 0.556. The summed E-state index contributed by atoms with van der Waals surface area (Å²) in [5, 5.41) is 2.59. The molecule has 2 heterocycles. The number of oxazole rings is 1. The summed E-state index contributed by atoms with van der Waals surface area (Å²) in [7, 11) is 0. The standard InChI is InChI=1S/C9H13N3O3/c1-7-6-10-8(15-7)11-9(13)12-2-4-14-5-3-12/h6H,2-5H2,1H3,(H,10,11,13). The first-order valence-corrected chi connectivity index (χ1v) is 4.82. The molecule has 2 amide bonds. The number of aromatic nitrogens is 1. The summed E-state index contributed by atoms with van der Waals surface area (Å²) in [5.41, 5.74) is 0. The predicted octanol–water partition coefficient (Wildman–Crippen LogP) is 0.847. The second kappa shape index (κ2) is 4.31. The lowest BCUT2D eigenvalue weighted by atomic mass is 10.4. The fourth-order valence-corrected chi connectivity index (χ4v) is 1.35. The monoisotopic (exact) mass is 211 g/mol. The van der Waals surface area contributed by atoms with Gasteiger partial charge in [0.15, 0.2) is 0 Å². The Labute approximate surface area is 87.2 Å². The van der Waals surface area contributed by atoms with Gasteiger partial charge in [0.1, 0.15) is 5.76 Å². The maximum atomic E-state index is 11.6. The number of rotatable bonds is 1. The van der Waals surface area contributed by atoms with Gasteiger partial charge in [-0.15, -0.1) is 0 Å². The van der Waals surface area contributed by atoms with Gasteiger partial charge in [-0.1, -0.05) is 0 Å². The molecule has 0 aliphatic carbocycles. The first-order valence-electron chi connectivity index (χ1n) is 4.82. The van der Waals surface area contributed by atoms with Crippen LogP contribution in [-0.4, -0.2) is 42.2 Å². The van der Waals surface area contributed by atoms with Crippen LogP contribution in [0.5, 0.6) is 0 Å². The predicted molar refractivity (Wildman–Crippen MR) is 52.7 cm³/mol. The second-order valence-electron chi connectivity index (χ2n) is 3.31. The van der Waals surface area contributed by atoms with Crippen LogP contribution in [0.4, 0.5) is 10.8 Å². The maximum Gasteiger partial charge on any atom is 0.325 e. The van der Waals surface area contributed by atoms with Crippen LogP contribution in [0.3, 0.4) is 0 Å². The molecule has 0 radical (unpaired) electrons. The lowest BCUT2D eigenvalue weighted by molar-refractivity contribution is 0.0563. The zero-order valence-corrected chi connectivity index (χ0v) is 8.52. The first kappa shape index (κ1) is 9.97. The number of hydrogen-bond donors (Lipinski definition) is 1. The van der Waals surface area contributed by atoms with E-state index in [1.54, 1.807) is 18.0 Å². The van der Waals surface area contributed by atoms with E-state index in [0.717, 1.165) is 0 Å². The summed E-state index contributed by atoms with van der Waals surface area (Å²) in [6, 6.07) is 0.0455. The Balaban J connectivity index is 1.91. The van der Waals surface area contributed by atoms with Crippen molar-refractivity contribution in [3.8, 4) is 0 Å². The van der Waals surface area contributed by atoms with Crippen LogP contribution < -0.4 is 5.32 Å². The zero-order valence-electron chi connectivity index (χ0n) is 8.52. The normalized spacial score (nSPS) is 16.5. The van der Waals surface area contributed by atoms with Crippen molar-refractivity contribution in [2.24, 2.45) is 0 Å². The van der Waals surface area contributed by atoms with Crippen LogP contribution in [0.1, 0.15) is 5.76 Å². The molecule has 1 fully saturated rings. The third-order valence-electron chi connectivity index (χ3n) is 2.13. The van der Waals surface area contributed by atoms with E-state index in [2.05, 4.69) is 10.3 Å². The van der Waals surface area contributed by atoms with Crippen molar-refractivity contribution >= 4 is 12.0 Å². The molecule has 0 aromatic carbocycles. The van der Waals surface area contributed by atoms with Gasteiger partial charge in [-0.25, -0.2) is 9.78 Å². The minimum atomic E-state index is -0.194. The number of nitrogens with one attached hydrogen (secondary N) is 1. The van der Waals surface area contributed by atoms with Crippen molar-refractivity contribution in [3.63, 3.8) is 0 Å². The average Bonchev–Trinajstić information content (AvgIpc) is 2.65. The molecule has 1 N–H and O–H groups in total. The highest BCUT2D eigenvalue weighted by Gasteiger charge is 2.17. The van der Waals surface area contributed by atoms with Crippen LogP contribution in [0.15, 0.2) is 10.6 Å². The molecule has 0 saturated carbocycles. The Morgan fingerprint density at radius 1 is 1.53 bits per heavy atom. The van der Waals surface area contributed by atoms with Crippen LogP contribution >= 0.6 is 0 Å². The number of amides is 2. The largest absolute Gasteiger partial charge is 0.429 e. The average molecular weight is 211 g/mol. The van der Waals surface area contributed by atoms with Crippen molar-refractivity contribution in [1.29, 1.82) is 0 Å². The van der Waals surface area contributed by atoms with Crippen LogP contribution in [0.2, 0.25) is 0 Å². The topological polar surface area (TPSA) is 67.6 Å². The van der Waals surface area contributed by atoms with Gasteiger partial charge < -0.3 is 14.1 Å². The molecular formula is C9H13N3O3. The highest BCUT2D eigenvalue weighted by atomic mass is 16.5. The summed E-state index contributed by atoms with van der Waals surface area (Å²) in [6.07, 6.45) is 1.56. The second-order valence-corrected chi connectivity index (χ2v) is 3.31. The molecule has 6 heteroatoms. The summed E-state index contributed by atoms with van der Waals surface area (Å²) >= 11 is 0. The lowest BCUT2D eigenvalue weighted by Crippen LogP contribution is -2.43. The van der Waals surface area contributed by atoms with Gasteiger partial charge in [0.25, 0.3) is 0 Å². The molecule has 1 aliphatic rings. The van der Waals surface area contributed by atoms with E-state index in [9.17, 15) is 4.79 Å². The van der Waals surface area contributed by atoms with Crippen molar-refractivity contribution < 1.29 is 13.9 Å². The number of carbonyl (C=O) groups is 1. The summed E-state index contributed by atoms with van der Waals surface area (Å²) < 4.78 is 10.3. The van der Waals surface area contributed by atoms with Gasteiger partial charge in [0.05, 0.1) is 19.4 Å². The van der Waals surface area contributed by atoms with E-state index in [1.807, 2.05) is 0 Å². The maximum absolute atomic E-state index is 11.6. The first-order chi connectivity index (χ1) is 7.25. The quantitative estimate of drug-likeness (QED) is 0.747. The number of aryl methyl sites for hydroxylation is 1. The highest BCUT2D eigenvalue weighted by molar-refractivity contribution is 5.87. The third-order valence-corrected chi connectivity index (χ3v) is 2.13. The zero-order chi connectivity index (χ0) is 10.7. The Hall–Kier alpha value is -1.56. The van der Waals surface area contributed by atoms with E-state index in [-0.39, 0.29) is 12.0 Å². The van der Waals surface area contributed by atoms with Crippen LogP contribution in [0.25, 0.3) is 0 Å². The van der Waals surface area contributed by atoms with Gasteiger partial charge in [0.2, 0.25) is 0 Å². The molecule has 2 rings (SSSR count). The lowest BCUT2D eigenvalue weighted by Gasteiger charge is -2.26. The van der Waals surface area contributed by atoms with E-state index in [1.165, 1.54) is 0 Å². The van der Waals surface area contributed by atoms with Crippen molar-refractivity contribution in [2.75, 3.05) is 31.6 Å².